The van der Waals surface area contributed by atoms with Crippen LogP contribution in [0.1, 0.15) is 91.4 Å². The minimum atomic E-state index is -0.807. The summed E-state index contributed by atoms with van der Waals surface area (Å²) < 4.78 is 0. The van der Waals surface area contributed by atoms with Crippen molar-refractivity contribution in [2.24, 2.45) is 34.5 Å². The smallest absolute Gasteiger partial charge is 0.0769 e. The second-order valence-corrected chi connectivity index (χ2v) is 12.9. The van der Waals surface area contributed by atoms with Crippen LogP contribution in [0.5, 0.6) is 0 Å². The number of nitrogens with zero attached hydrogens (tertiary/aromatic N) is 1. The Morgan fingerprint density at radius 1 is 1.06 bits per heavy atom. The number of rotatable bonds is 2. The van der Waals surface area contributed by atoms with Gasteiger partial charge in [-0.05, 0) is 88.1 Å². The van der Waals surface area contributed by atoms with Gasteiger partial charge in [-0.3, -0.25) is 0 Å². The predicted octanol–water partition coefficient (Wildman–Crippen LogP) is 4.52. The van der Waals surface area contributed by atoms with Crippen LogP contribution in [0.2, 0.25) is 0 Å². The van der Waals surface area contributed by atoms with Crippen molar-refractivity contribution >= 4 is 0 Å². The van der Waals surface area contributed by atoms with Crippen molar-refractivity contribution in [2.75, 3.05) is 13.6 Å². The van der Waals surface area contributed by atoms with Crippen LogP contribution in [0.4, 0.5) is 0 Å². The molecule has 1 saturated heterocycles. The zero-order chi connectivity index (χ0) is 22.9. The van der Waals surface area contributed by atoms with Crippen LogP contribution in [0, 0.1) is 34.5 Å². The summed E-state index contributed by atoms with van der Waals surface area (Å²) in [5.41, 5.74) is 0.601. The van der Waals surface area contributed by atoms with Gasteiger partial charge < -0.3 is 20.2 Å². The van der Waals surface area contributed by atoms with Crippen LogP contribution in [0.3, 0.4) is 0 Å². The summed E-state index contributed by atoms with van der Waals surface area (Å²) in [5, 5.41) is 34.2. The van der Waals surface area contributed by atoms with E-state index >= 15 is 0 Å². The van der Waals surface area contributed by atoms with E-state index in [0.29, 0.717) is 24.3 Å². The lowest BCUT2D eigenvalue weighted by atomic mass is 9.46. The molecule has 182 valence electrons. The Labute approximate surface area is 195 Å². The molecule has 4 heteroatoms. The second kappa shape index (κ2) is 8.07. The highest BCUT2D eigenvalue weighted by Gasteiger charge is 2.68. The molecule has 0 amide bonds. The molecule has 32 heavy (non-hydrogen) atoms. The zero-order valence-electron chi connectivity index (χ0n) is 20.9. The fraction of sp³-hybridized carbons (Fsp3) is 0.929. The number of aliphatic hydroxyl groups excluding tert-OH is 2. The highest BCUT2D eigenvalue weighted by Crippen LogP contribution is 2.68. The molecule has 4 aliphatic carbocycles. The van der Waals surface area contributed by atoms with Gasteiger partial charge in [-0.1, -0.05) is 45.3 Å². The van der Waals surface area contributed by atoms with Crippen molar-refractivity contribution < 1.29 is 15.3 Å². The first-order valence-electron chi connectivity index (χ1n) is 13.6. The van der Waals surface area contributed by atoms with E-state index in [-0.39, 0.29) is 28.8 Å². The zero-order valence-corrected chi connectivity index (χ0v) is 20.9. The highest BCUT2D eigenvalue weighted by atomic mass is 16.3. The van der Waals surface area contributed by atoms with Crippen molar-refractivity contribution in [1.82, 2.24) is 4.90 Å². The molecule has 0 spiro atoms. The normalized spacial score (nSPS) is 52.9. The van der Waals surface area contributed by atoms with E-state index in [2.05, 4.69) is 38.8 Å². The standard InChI is InChI=1S/C28H47NO3/c1-18(23-8-6-5-7-15-29(23)4)28(32)17-24(31)25-21-10-9-19-16-20(30)11-13-26(19,2)22(21)12-14-27(25,28)3/h9,18,20-25,30-32H,5-8,10-17H2,1-4H3/t18-,20-,21+,22+,23+,24+,25+,26-,27-,28-/m0/s1. The highest BCUT2D eigenvalue weighted by molar-refractivity contribution is 5.27. The van der Waals surface area contributed by atoms with E-state index in [1.165, 1.54) is 24.8 Å². The molecule has 3 saturated carbocycles. The van der Waals surface area contributed by atoms with Crippen LogP contribution in [-0.2, 0) is 0 Å². The monoisotopic (exact) mass is 445 g/mol. The third-order valence-electron chi connectivity index (χ3n) is 11.7. The summed E-state index contributed by atoms with van der Waals surface area (Å²) in [6.45, 7) is 8.15. The van der Waals surface area contributed by atoms with Gasteiger partial charge in [0.15, 0.2) is 0 Å². The van der Waals surface area contributed by atoms with Gasteiger partial charge in [-0.2, -0.15) is 0 Å². The number of fused-ring (bicyclic) bond motifs is 5. The van der Waals surface area contributed by atoms with E-state index in [4.69, 9.17) is 0 Å². The Morgan fingerprint density at radius 3 is 2.62 bits per heavy atom. The number of aliphatic hydroxyl groups is 3. The molecule has 5 aliphatic rings. The summed E-state index contributed by atoms with van der Waals surface area (Å²) in [7, 11) is 2.24. The number of likely N-dealkylation sites (tertiary alicyclic amines) is 1. The third kappa shape index (κ3) is 3.22. The maximum atomic E-state index is 12.4. The summed E-state index contributed by atoms with van der Waals surface area (Å²) in [6.07, 6.45) is 13.3. The average Bonchev–Trinajstić information content (AvgIpc) is 2.86. The van der Waals surface area contributed by atoms with Crippen molar-refractivity contribution in [3.05, 3.63) is 11.6 Å². The number of hydrogen-bond donors (Lipinski definition) is 3. The van der Waals surface area contributed by atoms with Crippen molar-refractivity contribution in [3.63, 3.8) is 0 Å². The third-order valence-corrected chi connectivity index (χ3v) is 11.7. The van der Waals surface area contributed by atoms with E-state index in [0.717, 1.165) is 51.5 Å². The molecule has 10 atom stereocenters. The van der Waals surface area contributed by atoms with Crippen molar-refractivity contribution in [3.8, 4) is 0 Å². The molecule has 1 aliphatic heterocycles. The minimum Gasteiger partial charge on any atom is -0.393 e. The molecular weight excluding hydrogens is 398 g/mol. The Balaban J connectivity index is 1.46. The maximum Gasteiger partial charge on any atom is 0.0769 e. The van der Waals surface area contributed by atoms with Crippen LogP contribution in [-0.4, -0.2) is 57.7 Å². The van der Waals surface area contributed by atoms with Gasteiger partial charge in [-0.15, -0.1) is 0 Å². The summed E-state index contributed by atoms with van der Waals surface area (Å²) in [4.78, 5) is 2.49. The van der Waals surface area contributed by atoms with Gasteiger partial charge in [0.2, 0.25) is 0 Å². The van der Waals surface area contributed by atoms with Crippen LogP contribution >= 0.6 is 0 Å². The number of allylic oxidation sites excluding steroid dienone is 1. The van der Waals surface area contributed by atoms with Crippen molar-refractivity contribution in [1.29, 1.82) is 0 Å². The van der Waals surface area contributed by atoms with Gasteiger partial charge in [0.25, 0.3) is 0 Å². The molecule has 0 aromatic rings. The van der Waals surface area contributed by atoms with E-state index < -0.39 is 11.7 Å². The molecule has 0 unspecified atom stereocenters. The lowest BCUT2D eigenvalue weighted by Crippen LogP contribution is -2.59. The van der Waals surface area contributed by atoms with Gasteiger partial charge in [0, 0.05) is 23.8 Å². The van der Waals surface area contributed by atoms with Gasteiger partial charge in [-0.25, -0.2) is 0 Å². The first-order valence-corrected chi connectivity index (χ1v) is 13.6. The van der Waals surface area contributed by atoms with Gasteiger partial charge in [0.05, 0.1) is 17.8 Å². The predicted molar refractivity (Wildman–Crippen MR) is 128 cm³/mol. The largest absolute Gasteiger partial charge is 0.393 e. The Kier molecular flexibility index (Phi) is 5.88. The first kappa shape index (κ1) is 23.3. The molecule has 0 bridgehead atoms. The van der Waals surface area contributed by atoms with Gasteiger partial charge >= 0.3 is 0 Å². The molecule has 1 heterocycles. The first-order chi connectivity index (χ1) is 15.1. The minimum absolute atomic E-state index is 0.164. The van der Waals surface area contributed by atoms with Gasteiger partial charge in [0.1, 0.15) is 0 Å². The molecular formula is C28H47NO3. The summed E-state index contributed by atoms with van der Waals surface area (Å²) in [5.74, 6) is 1.36. The SMILES string of the molecule is C[C@@H]([C@H]1CCCCCN1C)[C@@]1(O)C[C@@H](O)[C@H]2[C@@H]3CC=C4C[C@@H](O)CC[C@]4(C)[C@@H]3CC[C@@]21C. The van der Waals surface area contributed by atoms with Crippen LogP contribution in [0.15, 0.2) is 11.6 Å². The Hall–Kier alpha value is -0.420. The van der Waals surface area contributed by atoms with Crippen LogP contribution in [0.25, 0.3) is 0 Å². The fourth-order valence-corrected chi connectivity index (χ4v) is 9.72. The molecule has 0 aromatic carbocycles. The fourth-order valence-electron chi connectivity index (χ4n) is 9.72. The molecule has 5 rings (SSSR count). The molecule has 4 nitrogen and oxygen atoms in total. The summed E-state index contributed by atoms with van der Waals surface area (Å²) in [6, 6.07) is 0.401. The summed E-state index contributed by atoms with van der Waals surface area (Å²) >= 11 is 0. The number of hydrogen-bond acceptors (Lipinski definition) is 4. The topological polar surface area (TPSA) is 63.9 Å². The second-order valence-electron chi connectivity index (χ2n) is 12.9. The maximum absolute atomic E-state index is 12.4. The van der Waals surface area contributed by atoms with E-state index in [9.17, 15) is 15.3 Å². The molecule has 0 aromatic heterocycles. The van der Waals surface area contributed by atoms with E-state index in [1.807, 2.05) is 0 Å². The molecule has 4 fully saturated rings. The Morgan fingerprint density at radius 2 is 1.84 bits per heavy atom. The Bertz CT molecular complexity index is 753. The van der Waals surface area contributed by atoms with Crippen molar-refractivity contribution in [2.45, 2.75) is 115 Å². The lowest BCUT2D eigenvalue weighted by Gasteiger charge is -2.60. The van der Waals surface area contributed by atoms with Crippen LogP contribution < -0.4 is 0 Å². The molecule has 3 N–H and O–H groups in total. The quantitative estimate of drug-likeness (QED) is 0.547. The average molecular weight is 446 g/mol. The lowest BCUT2D eigenvalue weighted by molar-refractivity contribution is -0.163. The van der Waals surface area contributed by atoms with E-state index in [1.54, 1.807) is 0 Å². The molecule has 0 radical (unpaired) electrons.